The fraction of sp³-hybridized carbons (Fsp3) is 0.667. The van der Waals surface area contributed by atoms with Gasteiger partial charge < -0.3 is 29.7 Å². The Balaban J connectivity index is 1.31. The van der Waals surface area contributed by atoms with Gasteiger partial charge in [-0.1, -0.05) is 26.0 Å². The third-order valence-corrected chi connectivity index (χ3v) is 15.6. The highest BCUT2D eigenvalue weighted by molar-refractivity contribution is 7.91. The Morgan fingerprint density at radius 2 is 1.79 bits per heavy atom. The van der Waals surface area contributed by atoms with Crippen molar-refractivity contribution in [3.63, 3.8) is 0 Å². The first-order valence-electron chi connectivity index (χ1n) is 21.4. The number of nitrogens with zero attached hydrogens (tertiary/aromatic N) is 5. The molecule has 2 saturated heterocycles. The summed E-state index contributed by atoms with van der Waals surface area (Å²) < 4.78 is 97.1. The van der Waals surface area contributed by atoms with Gasteiger partial charge >= 0.3 is 12.3 Å². The summed E-state index contributed by atoms with van der Waals surface area (Å²) in [7, 11) is -3.02. The molecule has 7 rings (SSSR count). The van der Waals surface area contributed by atoms with Crippen LogP contribution >= 0.6 is 0 Å². The molecule has 4 fully saturated rings. The molecule has 2 saturated carbocycles. The number of methoxy groups -OCH3 is 1. The van der Waals surface area contributed by atoms with Crippen LogP contribution in [0, 0.1) is 17.8 Å². The van der Waals surface area contributed by atoms with Crippen molar-refractivity contribution in [2.24, 2.45) is 17.8 Å². The molecule has 2 aromatic rings. The Labute approximate surface area is 363 Å². The monoisotopic (exact) mass is 909 g/mol. The molecule has 0 unspecified atom stereocenters. The normalized spacial score (nSPS) is 29.4. The van der Waals surface area contributed by atoms with Crippen molar-refractivity contribution in [3.8, 4) is 11.6 Å². The van der Waals surface area contributed by atoms with Crippen LogP contribution in [0.15, 0.2) is 30.4 Å². The van der Waals surface area contributed by atoms with Crippen molar-refractivity contribution in [3.05, 3.63) is 30.4 Å². The van der Waals surface area contributed by atoms with Gasteiger partial charge in [-0.2, -0.15) is 18.2 Å². The van der Waals surface area contributed by atoms with E-state index in [9.17, 15) is 45.5 Å². The fourth-order valence-corrected chi connectivity index (χ4v) is 10.7. The number of carbonyl (C=O) groups is 4. The predicted molar refractivity (Wildman–Crippen MR) is 221 cm³/mol. The summed E-state index contributed by atoms with van der Waals surface area (Å²) in [5.41, 5.74) is -4.46. The summed E-state index contributed by atoms with van der Waals surface area (Å²) >= 11 is 0. The van der Waals surface area contributed by atoms with Crippen molar-refractivity contribution < 1.29 is 59.7 Å². The second-order valence-electron chi connectivity index (χ2n) is 18.4. The van der Waals surface area contributed by atoms with Gasteiger partial charge in [0.05, 0.1) is 24.6 Å². The van der Waals surface area contributed by atoms with Gasteiger partial charge in [-0.25, -0.2) is 22.6 Å². The van der Waals surface area contributed by atoms with Gasteiger partial charge in [-0.3, -0.25) is 24.0 Å². The zero-order valence-corrected chi connectivity index (χ0v) is 36.7. The van der Waals surface area contributed by atoms with Gasteiger partial charge in [-0.05, 0) is 89.2 Å². The summed E-state index contributed by atoms with van der Waals surface area (Å²) in [5.74, 6) is -4.12. The van der Waals surface area contributed by atoms with E-state index in [1.807, 2.05) is 16.5 Å². The van der Waals surface area contributed by atoms with Crippen LogP contribution in [0.1, 0.15) is 85.5 Å². The van der Waals surface area contributed by atoms with Gasteiger partial charge in [0, 0.05) is 31.5 Å². The number of fused-ring (bicyclic) bond motifs is 3. The van der Waals surface area contributed by atoms with E-state index in [2.05, 4.69) is 5.32 Å². The number of alkyl halides is 4. The fourth-order valence-electron chi connectivity index (χ4n) is 9.24. The third-order valence-electron chi connectivity index (χ3n) is 13.5. The van der Waals surface area contributed by atoms with Crippen molar-refractivity contribution >= 4 is 50.7 Å². The Bertz CT molecular complexity index is 2270. The largest absolute Gasteiger partial charge is 0.497 e. The number of anilines is 1. The van der Waals surface area contributed by atoms with Gasteiger partial charge in [0.15, 0.2) is 0 Å². The van der Waals surface area contributed by atoms with E-state index in [1.54, 1.807) is 30.4 Å². The van der Waals surface area contributed by atoms with E-state index in [0.717, 1.165) is 17.7 Å². The molecular weight excluding hydrogens is 855 g/mol. The minimum absolute atomic E-state index is 0.000303. The molecule has 5 aliphatic rings. The van der Waals surface area contributed by atoms with Crippen molar-refractivity contribution in [2.75, 3.05) is 38.3 Å². The maximum atomic E-state index is 15.2. The number of hydrogen-bond acceptors (Lipinski definition) is 11. The van der Waals surface area contributed by atoms with E-state index in [-0.39, 0.29) is 48.8 Å². The molecular formula is C42H55F4N7O9S. The molecule has 63 heavy (non-hydrogen) atoms. The van der Waals surface area contributed by atoms with Gasteiger partial charge in [0.2, 0.25) is 33.7 Å². The van der Waals surface area contributed by atoms with Crippen LogP contribution in [-0.4, -0.2) is 131 Å². The van der Waals surface area contributed by atoms with E-state index in [0.29, 0.717) is 62.4 Å². The molecule has 3 aliphatic heterocycles. The molecule has 21 heteroatoms. The van der Waals surface area contributed by atoms with Gasteiger partial charge in [0.1, 0.15) is 46.4 Å². The Morgan fingerprint density at radius 1 is 1.10 bits per heavy atom. The Kier molecular flexibility index (Phi) is 12.3. The van der Waals surface area contributed by atoms with Crippen LogP contribution in [0.2, 0.25) is 0 Å². The van der Waals surface area contributed by atoms with E-state index >= 15 is 4.79 Å². The maximum absolute atomic E-state index is 15.2. The quantitative estimate of drug-likeness (QED) is 0.211. The van der Waals surface area contributed by atoms with E-state index in [4.69, 9.17) is 19.4 Å². The molecule has 16 nitrogen and oxygen atoms in total. The molecule has 4 heterocycles. The summed E-state index contributed by atoms with van der Waals surface area (Å²) in [6, 6.07) is 1.54. The second-order valence-corrected chi connectivity index (χ2v) is 20.5. The van der Waals surface area contributed by atoms with Crippen LogP contribution in [0.25, 0.3) is 10.9 Å². The van der Waals surface area contributed by atoms with Crippen LogP contribution in [-0.2, 0) is 24.4 Å². The van der Waals surface area contributed by atoms with Crippen LogP contribution in [0.5, 0.6) is 11.6 Å². The maximum Gasteiger partial charge on any atom is 0.411 e. The van der Waals surface area contributed by atoms with Crippen LogP contribution < -0.4 is 24.4 Å². The molecule has 0 radical (unpaired) electrons. The van der Waals surface area contributed by atoms with E-state index < -0.39 is 99.1 Å². The van der Waals surface area contributed by atoms with Crippen LogP contribution in [0.4, 0.5) is 28.3 Å². The first kappa shape index (κ1) is 46.1. The lowest BCUT2D eigenvalue weighted by Gasteiger charge is -2.45. The molecule has 346 valence electrons. The number of hydrogen-bond donors (Lipinski definition) is 3. The molecule has 1 aromatic heterocycles. The number of ether oxygens (including phenoxy) is 2. The summed E-state index contributed by atoms with van der Waals surface area (Å²) in [5, 5.41) is 13.7. The highest BCUT2D eigenvalue weighted by atomic mass is 32.2. The zero-order valence-electron chi connectivity index (χ0n) is 35.9. The number of aromatic nitrogens is 2. The number of rotatable bonds is 10. The molecule has 4 amide bonds. The minimum atomic E-state index is -5.13. The molecule has 1 aromatic carbocycles. The summed E-state index contributed by atoms with van der Waals surface area (Å²) in [6.07, 6.45) is -2.26. The average Bonchev–Trinajstić information content (AvgIpc) is 4.02. The van der Waals surface area contributed by atoms with Crippen molar-refractivity contribution in [1.82, 2.24) is 29.8 Å². The second kappa shape index (κ2) is 16.9. The third kappa shape index (κ3) is 8.69. The number of carboxylic acid groups (broad SMARTS) is 1. The highest BCUT2D eigenvalue weighted by Crippen LogP contribution is 2.48. The first-order chi connectivity index (χ1) is 29.6. The van der Waals surface area contributed by atoms with Gasteiger partial charge in [0.25, 0.3) is 5.91 Å². The number of halogens is 4. The summed E-state index contributed by atoms with van der Waals surface area (Å²) in [4.78, 5) is 69.5. The zero-order chi connectivity index (χ0) is 45.9. The SMILES string of the molecule is COc1ccc2c(O[C@@H]3C[C@H]4C(=O)N[C@]5(C(=O)NS(=O)(=O)C6(CF)CC6)C[C@H]5/C=C\CC[C@@H](C)C[C@@H](C)[C@H](N(C(=O)O)C(C)(C)C(F)(F)F)C(=O)N4C3)nc(N3CCCC3)nc2c1. The number of sulfonamides is 1. The molecule has 3 N–H and O–H groups in total. The Hall–Kier alpha value is -4.95. The lowest BCUT2D eigenvalue weighted by molar-refractivity contribution is -0.222. The standard InChI is InChI=1S/C42H55F4N7O9S/c1-24-10-6-7-11-26-21-41(26,36(56)50-63(59,60)40(23-43)14-15-40)49-33(54)31-20-28(22-52(31)35(55)32(25(2)18-24)53(38(57)58)39(3,4)42(44,45)46)62-34-29-13-12-27(61-5)19-30(29)47-37(48-34)51-16-8-9-17-51/h7,11-13,19,24-26,28,31-32H,6,8-10,14-18,20-23H2,1-5H3,(H,49,54)(H,50,56)(H,57,58)/b11-7-/t24-,25-,26-,28-,31+,32+,41-/m1/s1. The predicted octanol–water partition coefficient (Wildman–Crippen LogP) is 5.11. The summed E-state index contributed by atoms with van der Waals surface area (Å²) in [6.45, 7) is 4.42. The molecule has 0 spiro atoms. The topological polar surface area (TPSA) is 201 Å². The van der Waals surface area contributed by atoms with E-state index in [1.165, 1.54) is 14.0 Å². The Morgan fingerprint density at radius 3 is 2.41 bits per heavy atom. The van der Waals surface area contributed by atoms with Gasteiger partial charge in [-0.15, -0.1) is 0 Å². The molecule has 0 bridgehead atoms. The smallest absolute Gasteiger partial charge is 0.411 e. The average molecular weight is 910 g/mol. The minimum Gasteiger partial charge on any atom is -0.497 e. The number of amides is 4. The van der Waals surface area contributed by atoms with Crippen molar-refractivity contribution in [1.29, 1.82) is 0 Å². The lowest BCUT2D eigenvalue weighted by Crippen LogP contribution is -2.66. The first-order valence-corrected chi connectivity index (χ1v) is 22.8. The lowest BCUT2D eigenvalue weighted by atomic mass is 9.85. The van der Waals surface area contributed by atoms with Crippen LogP contribution in [0.3, 0.4) is 0 Å². The number of allylic oxidation sites excluding steroid dienone is 1. The number of benzene rings is 1. The number of carbonyl (C=O) groups excluding carboxylic acids is 3. The highest BCUT2D eigenvalue weighted by Gasteiger charge is 2.64. The molecule has 2 aliphatic carbocycles. The molecule has 7 atom stereocenters. The number of nitrogens with one attached hydrogen (secondary N) is 2. The van der Waals surface area contributed by atoms with Crippen molar-refractivity contribution in [2.45, 2.75) is 126 Å².